The summed E-state index contributed by atoms with van der Waals surface area (Å²) in [5.74, 6) is 0. The zero-order valence-electron chi connectivity index (χ0n) is 11.9. The first-order valence-electron chi connectivity index (χ1n) is 7.28. The molecule has 0 amide bonds. The van der Waals surface area contributed by atoms with Crippen molar-refractivity contribution in [2.75, 3.05) is 18.9 Å². The van der Waals surface area contributed by atoms with E-state index in [4.69, 9.17) is 10.5 Å². The Morgan fingerprint density at radius 3 is 2.35 bits per heavy atom. The minimum Gasteiger partial charge on any atom is -0.399 e. The Morgan fingerprint density at radius 2 is 1.80 bits per heavy atom. The summed E-state index contributed by atoms with van der Waals surface area (Å²) in [7, 11) is 0. The van der Waals surface area contributed by atoms with Crippen molar-refractivity contribution < 1.29 is 4.74 Å². The Balaban J connectivity index is 1.96. The molecule has 2 N–H and O–H groups in total. The molecule has 2 heteroatoms. The van der Waals surface area contributed by atoms with Gasteiger partial charge in [0, 0.05) is 5.69 Å². The third kappa shape index (κ3) is 2.20. The largest absolute Gasteiger partial charge is 0.399 e. The van der Waals surface area contributed by atoms with Crippen LogP contribution in [0, 0.1) is 0 Å². The van der Waals surface area contributed by atoms with Crippen LogP contribution < -0.4 is 5.73 Å². The van der Waals surface area contributed by atoms with Crippen molar-refractivity contribution in [2.24, 2.45) is 0 Å². The van der Waals surface area contributed by atoms with Crippen LogP contribution in [-0.4, -0.2) is 13.2 Å². The maximum atomic E-state index is 5.94. The van der Waals surface area contributed by atoms with E-state index in [2.05, 4.69) is 43.3 Å². The lowest BCUT2D eigenvalue weighted by Crippen LogP contribution is -2.47. The van der Waals surface area contributed by atoms with Crippen molar-refractivity contribution in [3.63, 3.8) is 0 Å². The van der Waals surface area contributed by atoms with Gasteiger partial charge in [-0.15, -0.1) is 0 Å². The van der Waals surface area contributed by atoms with Crippen LogP contribution in [0.1, 0.15) is 30.0 Å². The van der Waals surface area contributed by atoms with Crippen LogP contribution in [0.25, 0.3) is 0 Å². The third-order valence-corrected chi connectivity index (χ3v) is 4.18. The van der Waals surface area contributed by atoms with Gasteiger partial charge in [0.1, 0.15) is 0 Å². The van der Waals surface area contributed by atoms with Gasteiger partial charge in [-0.25, -0.2) is 0 Å². The van der Waals surface area contributed by atoms with E-state index in [1.807, 2.05) is 12.1 Å². The van der Waals surface area contributed by atoms with Crippen LogP contribution >= 0.6 is 0 Å². The summed E-state index contributed by atoms with van der Waals surface area (Å²) in [5.41, 5.74) is 10.7. The van der Waals surface area contributed by atoms with E-state index in [0.29, 0.717) is 0 Å². The lowest BCUT2D eigenvalue weighted by atomic mass is 9.72. The maximum Gasteiger partial charge on any atom is 0.0670 e. The van der Waals surface area contributed by atoms with Gasteiger partial charge in [0.2, 0.25) is 0 Å². The molecule has 1 heterocycles. The minimum absolute atomic E-state index is 0.0138. The molecule has 0 spiro atoms. The SMILES string of the molecule is CCCc1ccc(C2(c3cccc(N)c3)COC2)cc1. The van der Waals surface area contributed by atoms with E-state index in [9.17, 15) is 0 Å². The van der Waals surface area contributed by atoms with Crippen molar-refractivity contribution in [3.05, 3.63) is 65.2 Å². The summed E-state index contributed by atoms with van der Waals surface area (Å²) >= 11 is 0. The van der Waals surface area contributed by atoms with Gasteiger partial charge in [-0.1, -0.05) is 49.7 Å². The van der Waals surface area contributed by atoms with Crippen molar-refractivity contribution in [3.8, 4) is 0 Å². The fraction of sp³-hybridized carbons (Fsp3) is 0.333. The molecule has 1 fully saturated rings. The Labute approximate surface area is 120 Å². The van der Waals surface area contributed by atoms with Gasteiger partial charge < -0.3 is 10.5 Å². The number of ether oxygens (including phenoxy) is 1. The molecule has 2 nitrogen and oxygen atoms in total. The van der Waals surface area contributed by atoms with E-state index in [1.165, 1.54) is 23.1 Å². The number of rotatable bonds is 4. The average molecular weight is 267 g/mol. The highest BCUT2D eigenvalue weighted by Crippen LogP contribution is 2.39. The normalized spacial score (nSPS) is 16.6. The highest BCUT2D eigenvalue weighted by atomic mass is 16.5. The van der Waals surface area contributed by atoms with E-state index < -0.39 is 0 Å². The molecule has 1 saturated heterocycles. The number of benzene rings is 2. The second-order valence-corrected chi connectivity index (χ2v) is 5.65. The molecule has 2 aromatic carbocycles. The zero-order chi connectivity index (χ0) is 14.0. The van der Waals surface area contributed by atoms with Crippen LogP contribution in [-0.2, 0) is 16.6 Å². The fourth-order valence-electron chi connectivity index (χ4n) is 2.92. The first-order valence-corrected chi connectivity index (χ1v) is 7.28. The maximum absolute atomic E-state index is 5.94. The molecule has 1 aliphatic rings. The molecule has 0 bridgehead atoms. The Hall–Kier alpha value is -1.80. The lowest BCUT2D eigenvalue weighted by molar-refractivity contribution is -0.0379. The Morgan fingerprint density at radius 1 is 1.05 bits per heavy atom. The van der Waals surface area contributed by atoms with Gasteiger partial charge in [0.25, 0.3) is 0 Å². The monoisotopic (exact) mass is 267 g/mol. The van der Waals surface area contributed by atoms with Crippen molar-refractivity contribution >= 4 is 5.69 Å². The first-order chi connectivity index (χ1) is 9.74. The molecule has 0 atom stereocenters. The molecule has 0 saturated carbocycles. The molecule has 104 valence electrons. The highest BCUT2D eigenvalue weighted by molar-refractivity contribution is 5.49. The molecular weight excluding hydrogens is 246 g/mol. The molecule has 0 aliphatic carbocycles. The van der Waals surface area contributed by atoms with Gasteiger partial charge in [-0.05, 0) is 35.2 Å². The summed E-state index contributed by atoms with van der Waals surface area (Å²) in [6.07, 6.45) is 2.32. The molecular formula is C18H21NO. The highest BCUT2D eigenvalue weighted by Gasteiger charge is 2.42. The van der Waals surface area contributed by atoms with Crippen molar-refractivity contribution in [1.82, 2.24) is 0 Å². The molecule has 0 radical (unpaired) electrons. The third-order valence-electron chi connectivity index (χ3n) is 4.18. The summed E-state index contributed by atoms with van der Waals surface area (Å²) < 4.78 is 5.52. The van der Waals surface area contributed by atoms with Gasteiger partial charge in [-0.2, -0.15) is 0 Å². The summed E-state index contributed by atoms with van der Waals surface area (Å²) in [6, 6.07) is 17.2. The van der Waals surface area contributed by atoms with E-state index in [-0.39, 0.29) is 5.41 Å². The number of hydrogen-bond acceptors (Lipinski definition) is 2. The molecule has 2 aromatic rings. The summed E-state index contributed by atoms with van der Waals surface area (Å²) in [4.78, 5) is 0. The van der Waals surface area contributed by atoms with Gasteiger partial charge in [-0.3, -0.25) is 0 Å². The number of anilines is 1. The minimum atomic E-state index is -0.0138. The number of nitrogens with two attached hydrogens (primary N) is 1. The standard InChI is InChI=1S/C18H21NO/c1-2-4-14-7-9-15(10-8-14)18(12-20-13-18)16-5-3-6-17(19)11-16/h3,5-11H,2,4,12-13,19H2,1H3. The summed E-state index contributed by atoms with van der Waals surface area (Å²) in [6.45, 7) is 3.69. The van der Waals surface area contributed by atoms with E-state index in [1.54, 1.807) is 0 Å². The van der Waals surface area contributed by atoms with Crippen LogP contribution in [0.5, 0.6) is 0 Å². The topological polar surface area (TPSA) is 35.2 Å². The molecule has 20 heavy (non-hydrogen) atoms. The van der Waals surface area contributed by atoms with Crippen molar-refractivity contribution in [2.45, 2.75) is 25.2 Å². The molecule has 1 aliphatic heterocycles. The predicted molar refractivity (Wildman–Crippen MR) is 82.9 cm³/mol. The smallest absolute Gasteiger partial charge is 0.0670 e. The molecule has 3 rings (SSSR count). The number of hydrogen-bond donors (Lipinski definition) is 1. The Bertz CT molecular complexity index is 585. The van der Waals surface area contributed by atoms with Crippen molar-refractivity contribution in [1.29, 1.82) is 0 Å². The second kappa shape index (κ2) is 5.29. The van der Waals surface area contributed by atoms with Gasteiger partial charge in [0.05, 0.1) is 18.6 Å². The van der Waals surface area contributed by atoms with E-state index in [0.717, 1.165) is 25.3 Å². The van der Waals surface area contributed by atoms with Crippen LogP contribution in [0.3, 0.4) is 0 Å². The van der Waals surface area contributed by atoms with Crippen LogP contribution in [0.2, 0.25) is 0 Å². The Kier molecular flexibility index (Phi) is 3.49. The summed E-state index contributed by atoms with van der Waals surface area (Å²) in [5, 5.41) is 0. The first kappa shape index (κ1) is 13.2. The average Bonchev–Trinajstić information content (AvgIpc) is 2.40. The second-order valence-electron chi connectivity index (χ2n) is 5.65. The van der Waals surface area contributed by atoms with Gasteiger partial charge in [0.15, 0.2) is 0 Å². The fourth-order valence-corrected chi connectivity index (χ4v) is 2.92. The number of aryl methyl sites for hydroxylation is 1. The molecule has 0 unspecified atom stereocenters. The van der Waals surface area contributed by atoms with Crippen LogP contribution in [0.4, 0.5) is 5.69 Å². The van der Waals surface area contributed by atoms with Gasteiger partial charge >= 0.3 is 0 Å². The zero-order valence-corrected chi connectivity index (χ0v) is 11.9. The lowest BCUT2D eigenvalue weighted by Gasteiger charge is -2.42. The number of nitrogen functional groups attached to an aromatic ring is 1. The van der Waals surface area contributed by atoms with E-state index >= 15 is 0 Å². The molecule has 0 aromatic heterocycles. The van der Waals surface area contributed by atoms with Crippen LogP contribution in [0.15, 0.2) is 48.5 Å². The predicted octanol–water partition coefficient (Wildman–Crippen LogP) is 3.54. The quantitative estimate of drug-likeness (QED) is 0.860.